The van der Waals surface area contributed by atoms with Crippen LogP contribution < -0.4 is 4.74 Å². The number of nitrogens with zero attached hydrogens (tertiary/aromatic N) is 3. The zero-order valence-corrected chi connectivity index (χ0v) is 18.8. The number of ether oxygens (including phenoxy) is 3. The maximum atomic E-state index is 6.18. The van der Waals surface area contributed by atoms with Gasteiger partial charge < -0.3 is 14.2 Å². The Kier molecular flexibility index (Phi) is 5.47. The molecule has 2 saturated carbocycles. The second-order valence-electron chi connectivity index (χ2n) is 10.6. The predicted octanol–water partition coefficient (Wildman–Crippen LogP) is 5.14. The van der Waals surface area contributed by atoms with E-state index in [1.54, 1.807) is 0 Å². The van der Waals surface area contributed by atoms with Crippen molar-refractivity contribution in [3.8, 4) is 17.1 Å². The lowest BCUT2D eigenvalue weighted by molar-refractivity contribution is -0.272. The van der Waals surface area contributed by atoms with Crippen LogP contribution in [-0.4, -0.2) is 40.8 Å². The van der Waals surface area contributed by atoms with Crippen LogP contribution in [0.15, 0.2) is 30.5 Å². The van der Waals surface area contributed by atoms with E-state index in [0.29, 0.717) is 11.8 Å². The van der Waals surface area contributed by atoms with Gasteiger partial charge in [0, 0.05) is 34.6 Å². The first-order chi connectivity index (χ1) is 14.9. The summed E-state index contributed by atoms with van der Waals surface area (Å²) in [5, 5.41) is 8.81. The smallest absolute Gasteiger partial charge is 0.233 e. The molecular weight excluding hydrogens is 390 g/mol. The minimum Gasteiger partial charge on any atom is -0.473 e. The Morgan fingerprint density at radius 3 is 2.32 bits per heavy atom. The van der Waals surface area contributed by atoms with Crippen LogP contribution in [0.3, 0.4) is 0 Å². The van der Waals surface area contributed by atoms with Crippen LogP contribution in [0.25, 0.3) is 11.3 Å². The fourth-order valence-corrected chi connectivity index (χ4v) is 4.71. The fraction of sp³-hybridized carbons (Fsp3) is 0.640. The Morgan fingerprint density at radius 1 is 0.935 bits per heavy atom. The summed E-state index contributed by atoms with van der Waals surface area (Å²) in [4.78, 5) is 4.57. The molecule has 0 radical (unpaired) electrons. The van der Waals surface area contributed by atoms with Gasteiger partial charge in [0.25, 0.3) is 0 Å². The van der Waals surface area contributed by atoms with Crippen LogP contribution in [0.2, 0.25) is 0 Å². The maximum absolute atomic E-state index is 6.18. The van der Waals surface area contributed by atoms with E-state index in [1.807, 2.05) is 24.4 Å². The molecule has 0 N–H and O–H groups in total. The van der Waals surface area contributed by atoms with Gasteiger partial charge in [-0.3, -0.25) is 4.98 Å². The zero-order chi connectivity index (χ0) is 21.5. The molecule has 5 rings (SSSR count). The molecule has 0 aromatic carbocycles. The lowest BCUT2D eigenvalue weighted by Gasteiger charge is -2.46. The van der Waals surface area contributed by atoms with Crippen LogP contribution >= 0.6 is 0 Å². The van der Waals surface area contributed by atoms with Crippen molar-refractivity contribution in [2.75, 3.05) is 13.2 Å². The maximum Gasteiger partial charge on any atom is 0.233 e. The Hall–Kier alpha value is -2.05. The van der Waals surface area contributed by atoms with E-state index >= 15 is 0 Å². The Labute approximate surface area is 184 Å². The van der Waals surface area contributed by atoms with Gasteiger partial charge in [-0.25, -0.2) is 0 Å². The van der Waals surface area contributed by atoms with E-state index in [0.717, 1.165) is 55.8 Å². The molecule has 1 aliphatic heterocycles. The molecule has 3 heterocycles. The van der Waals surface area contributed by atoms with Crippen molar-refractivity contribution in [3.05, 3.63) is 36.2 Å². The first-order valence-electron chi connectivity index (χ1n) is 11.6. The third kappa shape index (κ3) is 4.60. The largest absolute Gasteiger partial charge is 0.473 e. The number of hydrogen-bond acceptors (Lipinski definition) is 6. The summed E-state index contributed by atoms with van der Waals surface area (Å²) in [6, 6.07) is 8.00. The third-order valence-electron chi connectivity index (χ3n) is 6.90. The quantitative estimate of drug-likeness (QED) is 0.663. The minimum atomic E-state index is -0.110. The molecule has 2 aliphatic carbocycles. The van der Waals surface area contributed by atoms with Gasteiger partial charge in [-0.05, 0) is 56.7 Å². The molecule has 0 unspecified atom stereocenters. The Bertz CT molecular complexity index is 892. The van der Waals surface area contributed by atoms with Crippen molar-refractivity contribution >= 4 is 0 Å². The highest BCUT2D eigenvalue weighted by molar-refractivity contribution is 5.62. The standard InChI is InChI=1S/C25H33N3O3/c1-24(2)15-29-23(30-16-24)25(3)12-10-18(11-13-25)31-21-9-8-20(27-28-21)19-5-4-14-26-22(19)17-6-7-17/h4-5,8-9,14,17-18,23H,6-7,10-13,15-16H2,1-3H3. The van der Waals surface area contributed by atoms with Crippen molar-refractivity contribution in [2.24, 2.45) is 10.8 Å². The van der Waals surface area contributed by atoms with Crippen LogP contribution in [-0.2, 0) is 9.47 Å². The van der Waals surface area contributed by atoms with Crippen molar-refractivity contribution in [2.45, 2.75) is 77.6 Å². The van der Waals surface area contributed by atoms with Gasteiger partial charge in [0.15, 0.2) is 6.29 Å². The summed E-state index contributed by atoms with van der Waals surface area (Å²) in [5.74, 6) is 1.18. The van der Waals surface area contributed by atoms with Gasteiger partial charge in [-0.15, -0.1) is 10.2 Å². The summed E-state index contributed by atoms with van der Waals surface area (Å²) < 4.78 is 18.3. The van der Waals surface area contributed by atoms with Gasteiger partial charge in [0.1, 0.15) is 6.10 Å². The summed E-state index contributed by atoms with van der Waals surface area (Å²) in [7, 11) is 0. The van der Waals surface area contributed by atoms with Crippen LogP contribution in [0.1, 0.15) is 70.9 Å². The van der Waals surface area contributed by atoms with E-state index in [2.05, 4.69) is 42.0 Å². The van der Waals surface area contributed by atoms with Crippen molar-refractivity contribution in [1.82, 2.24) is 15.2 Å². The lowest BCUT2D eigenvalue weighted by Crippen LogP contribution is -2.48. The number of pyridine rings is 1. The molecule has 1 saturated heterocycles. The third-order valence-corrected chi connectivity index (χ3v) is 6.90. The van der Waals surface area contributed by atoms with E-state index in [-0.39, 0.29) is 23.2 Å². The molecule has 2 aromatic heterocycles. The molecule has 0 spiro atoms. The van der Waals surface area contributed by atoms with Gasteiger partial charge in [0.2, 0.25) is 5.88 Å². The normalized spacial score (nSPS) is 28.9. The van der Waals surface area contributed by atoms with Gasteiger partial charge >= 0.3 is 0 Å². The van der Waals surface area contributed by atoms with Crippen LogP contribution in [0.4, 0.5) is 0 Å². The summed E-state index contributed by atoms with van der Waals surface area (Å²) in [6.45, 7) is 8.17. The average molecular weight is 424 g/mol. The zero-order valence-electron chi connectivity index (χ0n) is 18.8. The first-order valence-corrected chi connectivity index (χ1v) is 11.6. The molecule has 0 bridgehead atoms. The van der Waals surface area contributed by atoms with E-state index in [4.69, 9.17) is 14.2 Å². The minimum absolute atomic E-state index is 0.0470. The summed E-state index contributed by atoms with van der Waals surface area (Å²) in [5.41, 5.74) is 3.26. The second kappa shape index (κ2) is 8.14. The summed E-state index contributed by atoms with van der Waals surface area (Å²) in [6.07, 6.45) is 8.34. The van der Waals surface area contributed by atoms with Crippen LogP contribution in [0.5, 0.6) is 5.88 Å². The van der Waals surface area contributed by atoms with E-state index in [1.165, 1.54) is 12.8 Å². The molecule has 166 valence electrons. The van der Waals surface area contributed by atoms with E-state index in [9.17, 15) is 0 Å². The van der Waals surface area contributed by atoms with Crippen molar-refractivity contribution in [1.29, 1.82) is 0 Å². The number of aromatic nitrogens is 3. The average Bonchev–Trinajstić information content (AvgIpc) is 3.61. The van der Waals surface area contributed by atoms with Gasteiger partial charge in [-0.2, -0.15) is 0 Å². The first kappa shape index (κ1) is 20.8. The van der Waals surface area contributed by atoms with E-state index < -0.39 is 0 Å². The summed E-state index contributed by atoms with van der Waals surface area (Å²) >= 11 is 0. The molecular formula is C25H33N3O3. The monoisotopic (exact) mass is 423 g/mol. The SMILES string of the molecule is CC1(C)COC(C2(C)CCC(Oc3ccc(-c4cccnc4C4CC4)nn3)CC2)OC1. The molecule has 6 nitrogen and oxygen atoms in total. The molecule has 2 aromatic rings. The van der Waals surface area contributed by atoms with Gasteiger partial charge in [0.05, 0.1) is 24.6 Å². The van der Waals surface area contributed by atoms with Crippen molar-refractivity contribution in [3.63, 3.8) is 0 Å². The lowest BCUT2D eigenvalue weighted by atomic mass is 9.73. The van der Waals surface area contributed by atoms with Crippen LogP contribution in [0, 0.1) is 10.8 Å². The highest BCUT2D eigenvalue weighted by Crippen LogP contribution is 2.44. The van der Waals surface area contributed by atoms with Gasteiger partial charge in [-0.1, -0.05) is 20.8 Å². The molecule has 3 fully saturated rings. The molecule has 31 heavy (non-hydrogen) atoms. The Balaban J connectivity index is 1.18. The molecule has 6 heteroatoms. The predicted molar refractivity (Wildman–Crippen MR) is 118 cm³/mol. The second-order valence-corrected chi connectivity index (χ2v) is 10.6. The fourth-order valence-electron chi connectivity index (χ4n) is 4.71. The molecule has 0 atom stereocenters. The Morgan fingerprint density at radius 2 is 1.68 bits per heavy atom. The number of hydrogen-bond donors (Lipinski definition) is 0. The highest BCUT2D eigenvalue weighted by Gasteiger charge is 2.43. The molecule has 0 amide bonds. The topological polar surface area (TPSA) is 66.4 Å². The van der Waals surface area contributed by atoms with Crippen molar-refractivity contribution < 1.29 is 14.2 Å². The molecule has 3 aliphatic rings. The number of rotatable bonds is 5. The highest BCUT2D eigenvalue weighted by atomic mass is 16.7.